The summed E-state index contributed by atoms with van der Waals surface area (Å²) < 4.78 is 2.51. The van der Waals surface area contributed by atoms with Crippen LogP contribution in [0.4, 0.5) is 11.4 Å². The Bertz CT molecular complexity index is 1200. The van der Waals surface area contributed by atoms with E-state index in [1.807, 2.05) is 60.9 Å². The molecule has 30 heavy (non-hydrogen) atoms. The van der Waals surface area contributed by atoms with Crippen LogP contribution in [0.3, 0.4) is 0 Å². The van der Waals surface area contributed by atoms with Gasteiger partial charge in [-0.3, -0.25) is 19.8 Å². The Morgan fingerprint density at radius 3 is 2.33 bits per heavy atom. The lowest BCUT2D eigenvalue weighted by Crippen LogP contribution is -2.27. The van der Waals surface area contributed by atoms with E-state index in [0.29, 0.717) is 9.23 Å². The average molecular weight is 436 g/mol. The molecule has 6 nitrogen and oxygen atoms in total. The number of benzene rings is 2. The molecule has 0 atom stereocenters. The van der Waals surface area contributed by atoms with Gasteiger partial charge in [-0.25, -0.2) is 0 Å². The molecule has 0 bridgehead atoms. The molecule has 1 aromatic heterocycles. The van der Waals surface area contributed by atoms with Crippen molar-refractivity contribution in [2.24, 2.45) is 0 Å². The van der Waals surface area contributed by atoms with Crippen molar-refractivity contribution >= 4 is 51.7 Å². The molecule has 1 saturated heterocycles. The summed E-state index contributed by atoms with van der Waals surface area (Å²) in [6.07, 6.45) is 1.85. The normalized spacial score (nSPS) is 15.3. The van der Waals surface area contributed by atoms with Gasteiger partial charge in [-0.05, 0) is 55.8 Å². The third-order valence-corrected chi connectivity index (χ3v) is 6.19. The maximum Gasteiger partial charge on any atom is 0.270 e. The number of para-hydroxylation sites is 1. The molecule has 0 aliphatic carbocycles. The second-order valence-corrected chi connectivity index (χ2v) is 8.46. The number of aromatic nitrogens is 1. The predicted octanol–water partition coefficient (Wildman–Crippen LogP) is 5.41. The zero-order valence-corrected chi connectivity index (χ0v) is 17.9. The van der Waals surface area contributed by atoms with Crippen LogP contribution in [0.25, 0.3) is 11.8 Å². The first-order chi connectivity index (χ1) is 14.4. The number of aryl methyl sites for hydroxylation is 1. The Kier molecular flexibility index (Phi) is 5.27. The molecule has 8 heteroatoms. The zero-order valence-electron chi connectivity index (χ0n) is 16.2. The van der Waals surface area contributed by atoms with Crippen LogP contribution in [0.15, 0.2) is 65.6 Å². The number of hydrogen-bond acceptors (Lipinski definition) is 5. The lowest BCUT2D eigenvalue weighted by atomic mass is 10.2. The summed E-state index contributed by atoms with van der Waals surface area (Å²) >= 11 is 6.71. The quantitative estimate of drug-likeness (QED) is 0.237. The molecule has 0 unspecified atom stereocenters. The minimum absolute atomic E-state index is 0.0472. The predicted molar refractivity (Wildman–Crippen MR) is 124 cm³/mol. The fourth-order valence-corrected chi connectivity index (χ4v) is 4.75. The number of nitro groups is 1. The van der Waals surface area contributed by atoms with E-state index < -0.39 is 4.92 Å². The van der Waals surface area contributed by atoms with Crippen LogP contribution in [-0.2, 0) is 4.79 Å². The SMILES string of the molecule is Cc1cc(/C=C2/SC(=S)N(c3ccccc3)C2=O)c(C)n1-c1ccc([N+](=O)[O-])cc1. The summed E-state index contributed by atoms with van der Waals surface area (Å²) in [5, 5.41) is 10.9. The highest BCUT2D eigenvalue weighted by Crippen LogP contribution is 2.36. The number of thioether (sulfide) groups is 1. The van der Waals surface area contributed by atoms with E-state index in [1.165, 1.54) is 23.9 Å². The smallest absolute Gasteiger partial charge is 0.270 e. The number of non-ortho nitro benzene ring substituents is 1. The van der Waals surface area contributed by atoms with Gasteiger partial charge >= 0.3 is 0 Å². The molecule has 2 aromatic carbocycles. The van der Waals surface area contributed by atoms with Crippen LogP contribution in [0.1, 0.15) is 17.0 Å². The average Bonchev–Trinajstić information content (AvgIpc) is 3.17. The van der Waals surface area contributed by atoms with E-state index in [4.69, 9.17) is 12.2 Å². The van der Waals surface area contributed by atoms with Crippen molar-refractivity contribution in [1.29, 1.82) is 0 Å². The lowest BCUT2D eigenvalue weighted by molar-refractivity contribution is -0.384. The second-order valence-electron chi connectivity index (χ2n) is 6.79. The van der Waals surface area contributed by atoms with Crippen LogP contribution in [-0.4, -0.2) is 19.7 Å². The van der Waals surface area contributed by atoms with E-state index in [9.17, 15) is 14.9 Å². The highest BCUT2D eigenvalue weighted by Gasteiger charge is 2.33. The summed E-state index contributed by atoms with van der Waals surface area (Å²) in [4.78, 5) is 25.6. The number of amides is 1. The monoisotopic (exact) mass is 435 g/mol. The zero-order chi connectivity index (χ0) is 21.4. The molecule has 0 N–H and O–H groups in total. The minimum atomic E-state index is -0.417. The minimum Gasteiger partial charge on any atom is -0.318 e. The van der Waals surface area contributed by atoms with Gasteiger partial charge in [0.05, 0.1) is 15.5 Å². The largest absolute Gasteiger partial charge is 0.318 e. The van der Waals surface area contributed by atoms with Gasteiger partial charge in [-0.1, -0.05) is 42.2 Å². The molecule has 3 aromatic rings. The van der Waals surface area contributed by atoms with Crippen LogP contribution in [0, 0.1) is 24.0 Å². The molecule has 4 rings (SSSR count). The van der Waals surface area contributed by atoms with E-state index in [2.05, 4.69) is 0 Å². The first-order valence-electron chi connectivity index (χ1n) is 9.13. The maximum absolute atomic E-state index is 13.0. The van der Waals surface area contributed by atoms with Crippen molar-refractivity contribution in [2.75, 3.05) is 4.90 Å². The van der Waals surface area contributed by atoms with Crippen molar-refractivity contribution in [3.63, 3.8) is 0 Å². The third kappa shape index (κ3) is 3.55. The number of thiocarbonyl (C=S) groups is 1. The topological polar surface area (TPSA) is 68.4 Å². The molecular weight excluding hydrogens is 418 g/mol. The van der Waals surface area contributed by atoms with Gasteiger partial charge in [-0.15, -0.1) is 0 Å². The highest BCUT2D eigenvalue weighted by atomic mass is 32.2. The van der Waals surface area contributed by atoms with E-state index in [-0.39, 0.29) is 11.6 Å². The van der Waals surface area contributed by atoms with Crippen molar-refractivity contribution in [3.05, 3.63) is 92.6 Å². The number of carbonyl (C=O) groups is 1. The number of nitro benzene ring substituents is 1. The van der Waals surface area contributed by atoms with Gasteiger partial charge in [0, 0.05) is 29.2 Å². The highest BCUT2D eigenvalue weighted by molar-refractivity contribution is 8.27. The lowest BCUT2D eigenvalue weighted by Gasteiger charge is -2.13. The van der Waals surface area contributed by atoms with Crippen LogP contribution < -0.4 is 4.90 Å². The van der Waals surface area contributed by atoms with Crippen molar-refractivity contribution < 1.29 is 9.72 Å². The molecule has 2 heterocycles. The Morgan fingerprint density at radius 2 is 1.70 bits per heavy atom. The number of anilines is 1. The summed E-state index contributed by atoms with van der Waals surface area (Å²) in [7, 11) is 0. The van der Waals surface area contributed by atoms with Crippen molar-refractivity contribution in [2.45, 2.75) is 13.8 Å². The number of carbonyl (C=O) groups excluding carboxylic acids is 1. The van der Waals surface area contributed by atoms with Crippen molar-refractivity contribution in [1.82, 2.24) is 4.57 Å². The van der Waals surface area contributed by atoms with Crippen LogP contribution >= 0.6 is 24.0 Å². The van der Waals surface area contributed by atoms with Gasteiger partial charge in [0.2, 0.25) is 0 Å². The number of nitrogens with zero attached hydrogens (tertiary/aromatic N) is 3. The second kappa shape index (κ2) is 7.89. The van der Waals surface area contributed by atoms with E-state index >= 15 is 0 Å². The van der Waals surface area contributed by atoms with Crippen molar-refractivity contribution in [3.8, 4) is 5.69 Å². The summed E-state index contributed by atoms with van der Waals surface area (Å²) in [6, 6.07) is 17.7. The summed E-state index contributed by atoms with van der Waals surface area (Å²) in [5.41, 5.74) is 4.43. The van der Waals surface area contributed by atoms with Gasteiger partial charge in [0.1, 0.15) is 0 Å². The molecule has 1 amide bonds. The Morgan fingerprint density at radius 1 is 1.03 bits per heavy atom. The Hall–Kier alpha value is -3.23. The molecular formula is C22H17N3O3S2. The van der Waals surface area contributed by atoms with E-state index in [0.717, 1.165) is 28.3 Å². The third-order valence-electron chi connectivity index (χ3n) is 4.88. The molecule has 1 aliphatic rings. The van der Waals surface area contributed by atoms with Crippen LogP contribution in [0.2, 0.25) is 0 Å². The summed E-state index contributed by atoms with van der Waals surface area (Å²) in [5.74, 6) is -0.142. The first kappa shape index (κ1) is 20.1. The van der Waals surface area contributed by atoms with Gasteiger partial charge in [0.15, 0.2) is 4.32 Å². The fourth-order valence-electron chi connectivity index (χ4n) is 3.46. The van der Waals surface area contributed by atoms with Crippen LogP contribution in [0.5, 0.6) is 0 Å². The van der Waals surface area contributed by atoms with Gasteiger partial charge in [-0.2, -0.15) is 0 Å². The maximum atomic E-state index is 13.0. The molecule has 0 radical (unpaired) electrons. The van der Waals surface area contributed by atoms with E-state index in [1.54, 1.807) is 17.0 Å². The molecule has 0 spiro atoms. The fraction of sp³-hybridized carbons (Fsp3) is 0.0909. The Labute approximate surface area is 183 Å². The molecule has 0 saturated carbocycles. The molecule has 1 aliphatic heterocycles. The number of hydrogen-bond donors (Lipinski definition) is 0. The van der Waals surface area contributed by atoms with Gasteiger partial charge in [0.25, 0.3) is 11.6 Å². The molecule has 1 fully saturated rings. The Balaban J connectivity index is 1.68. The van der Waals surface area contributed by atoms with Gasteiger partial charge < -0.3 is 4.57 Å². The molecule has 150 valence electrons. The summed E-state index contributed by atoms with van der Waals surface area (Å²) in [6.45, 7) is 3.92. The standard InChI is InChI=1S/C22H17N3O3S2/c1-14-12-16(15(2)23(14)18-8-10-19(11-9-18)25(27)28)13-20-21(26)24(22(29)30-20)17-6-4-3-5-7-17/h3-13H,1-2H3/b20-13+. The first-order valence-corrected chi connectivity index (χ1v) is 10.4. The number of rotatable bonds is 4.